The topological polar surface area (TPSA) is 94.1 Å². The van der Waals surface area contributed by atoms with Crippen LogP contribution >= 0.6 is 11.6 Å². The lowest BCUT2D eigenvalue weighted by atomic mass is 9.86. The highest BCUT2D eigenvalue weighted by Gasteiger charge is 2.36. The molecule has 0 aliphatic heterocycles. The van der Waals surface area contributed by atoms with Crippen molar-refractivity contribution in [2.24, 2.45) is 0 Å². The summed E-state index contributed by atoms with van der Waals surface area (Å²) in [7, 11) is 0. The van der Waals surface area contributed by atoms with Crippen LogP contribution in [0.3, 0.4) is 0 Å². The highest BCUT2D eigenvalue weighted by molar-refractivity contribution is 6.31. The lowest BCUT2D eigenvalue weighted by molar-refractivity contribution is -0.385. The number of hydrogen-bond donors (Lipinski definition) is 1. The van der Waals surface area contributed by atoms with Crippen molar-refractivity contribution in [1.29, 1.82) is 0 Å². The van der Waals surface area contributed by atoms with E-state index in [-0.39, 0.29) is 22.8 Å². The number of rotatable bonds is 10. The van der Waals surface area contributed by atoms with E-state index in [4.69, 9.17) is 11.6 Å². The van der Waals surface area contributed by atoms with Gasteiger partial charge < -0.3 is 5.11 Å². The van der Waals surface area contributed by atoms with E-state index in [0.29, 0.717) is 11.3 Å². The Kier molecular flexibility index (Phi) is 7.58. The van der Waals surface area contributed by atoms with E-state index in [1.807, 2.05) is 18.2 Å². The van der Waals surface area contributed by atoms with Gasteiger partial charge in [-0.05, 0) is 30.0 Å². The van der Waals surface area contributed by atoms with Crippen molar-refractivity contribution < 1.29 is 10.0 Å². The molecule has 0 saturated heterocycles. The highest BCUT2D eigenvalue weighted by atomic mass is 35.5. The number of aryl methyl sites for hydroxylation is 1. The molecule has 1 atom stereocenters. The van der Waals surface area contributed by atoms with Gasteiger partial charge in [-0.15, -0.1) is 5.10 Å². The molecule has 0 spiro atoms. The van der Waals surface area contributed by atoms with Gasteiger partial charge >= 0.3 is 0 Å². The van der Waals surface area contributed by atoms with Crippen LogP contribution < -0.4 is 0 Å². The van der Waals surface area contributed by atoms with Crippen LogP contribution in [0.15, 0.2) is 79.0 Å². The number of hydrogen-bond acceptors (Lipinski definition) is 5. The van der Waals surface area contributed by atoms with Crippen LogP contribution in [-0.2, 0) is 18.6 Å². The van der Waals surface area contributed by atoms with Gasteiger partial charge in [-0.1, -0.05) is 91.2 Å². The Labute approximate surface area is 209 Å². The summed E-state index contributed by atoms with van der Waals surface area (Å²) < 4.78 is 1.53. The van der Waals surface area contributed by atoms with Gasteiger partial charge in [0.2, 0.25) is 0 Å². The maximum Gasteiger partial charge on any atom is 0.269 e. The molecule has 1 heterocycles. The van der Waals surface area contributed by atoms with Crippen molar-refractivity contribution in [3.8, 4) is 11.3 Å². The second-order valence-corrected chi connectivity index (χ2v) is 9.01. The van der Waals surface area contributed by atoms with Gasteiger partial charge in [-0.25, -0.2) is 4.68 Å². The average Bonchev–Trinajstić information content (AvgIpc) is 3.33. The van der Waals surface area contributed by atoms with Gasteiger partial charge in [0.05, 0.1) is 17.7 Å². The Morgan fingerprint density at radius 1 is 1.06 bits per heavy atom. The Bertz CT molecular complexity index is 1290. The van der Waals surface area contributed by atoms with Crippen LogP contribution in [-0.4, -0.2) is 25.0 Å². The first-order chi connectivity index (χ1) is 16.9. The van der Waals surface area contributed by atoms with Gasteiger partial charge in [0.15, 0.2) is 0 Å². The Morgan fingerprint density at radius 2 is 1.80 bits per heavy atom. The molecule has 0 radical (unpaired) electrons. The highest BCUT2D eigenvalue weighted by Crippen LogP contribution is 2.38. The quantitative estimate of drug-likeness (QED) is 0.163. The fraction of sp³-hybridized carbons (Fsp3) is 0.259. The number of benzene rings is 3. The lowest BCUT2D eigenvalue weighted by Gasteiger charge is -2.29. The van der Waals surface area contributed by atoms with E-state index in [1.54, 1.807) is 30.5 Å². The standard InChI is InChI=1S/C27H27ClN4O3/c1-2-3-5-8-20-11-13-21(14-12-20)26-18-31(30-29-26)19-27(33,22-9-6-4-7-10-22)24-17-23(32(34)35)15-16-25(24)28/h4,6-7,9-18,33H,2-3,5,8,19H2,1H3. The number of aliphatic hydroxyl groups is 1. The van der Waals surface area contributed by atoms with Crippen LogP contribution in [0.4, 0.5) is 5.69 Å². The summed E-state index contributed by atoms with van der Waals surface area (Å²) in [5.41, 5.74) is 1.82. The van der Waals surface area contributed by atoms with Crippen LogP contribution in [0.1, 0.15) is 42.9 Å². The number of nitro benzene ring substituents is 1. The molecule has 1 unspecified atom stereocenters. The molecule has 8 heteroatoms. The molecular formula is C27H27ClN4O3. The van der Waals surface area contributed by atoms with Gasteiger partial charge in [0, 0.05) is 28.3 Å². The Hall–Kier alpha value is -3.55. The average molecular weight is 491 g/mol. The van der Waals surface area contributed by atoms with Crippen molar-refractivity contribution in [1.82, 2.24) is 15.0 Å². The van der Waals surface area contributed by atoms with Gasteiger partial charge in [0.25, 0.3) is 5.69 Å². The predicted molar refractivity (Wildman–Crippen MR) is 136 cm³/mol. The number of halogens is 1. The van der Waals surface area contributed by atoms with Crippen LogP contribution in [0, 0.1) is 10.1 Å². The van der Waals surface area contributed by atoms with Crippen molar-refractivity contribution >= 4 is 17.3 Å². The molecule has 0 aliphatic rings. The molecule has 3 aromatic carbocycles. The molecule has 0 saturated carbocycles. The lowest BCUT2D eigenvalue weighted by Crippen LogP contribution is -2.33. The second-order valence-electron chi connectivity index (χ2n) is 8.60. The number of aromatic nitrogens is 3. The Morgan fingerprint density at radius 3 is 2.49 bits per heavy atom. The number of unbranched alkanes of at least 4 members (excludes halogenated alkanes) is 2. The predicted octanol–water partition coefficient (Wildman–Crippen LogP) is 6.18. The van der Waals surface area contributed by atoms with Crippen molar-refractivity contribution in [2.45, 2.75) is 44.8 Å². The number of nitro groups is 1. The zero-order valence-electron chi connectivity index (χ0n) is 19.5. The maximum absolute atomic E-state index is 11.9. The Balaban J connectivity index is 1.65. The third-order valence-electron chi connectivity index (χ3n) is 6.11. The SMILES string of the molecule is CCCCCc1ccc(-c2cn(CC(O)(c3ccccc3)c3cc([N+](=O)[O-])ccc3Cl)nn2)cc1. The summed E-state index contributed by atoms with van der Waals surface area (Å²) in [6, 6.07) is 21.2. The number of non-ortho nitro benzene ring substituents is 1. The molecule has 7 nitrogen and oxygen atoms in total. The fourth-order valence-electron chi connectivity index (χ4n) is 4.15. The van der Waals surface area contributed by atoms with E-state index < -0.39 is 10.5 Å². The third-order valence-corrected chi connectivity index (χ3v) is 6.44. The smallest absolute Gasteiger partial charge is 0.269 e. The monoisotopic (exact) mass is 490 g/mol. The van der Waals surface area contributed by atoms with E-state index in [0.717, 1.165) is 12.0 Å². The minimum atomic E-state index is -1.67. The molecule has 0 aliphatic carbocycles. The minimum absolute atomic E-state index is 0.0278. The minimum Gasteiger partial charge on any atom is -0.378 e. The van der Waals surface area contributed by atoms with Crippen molar-refractivity contribution in [3.05, 3.63) is 111 Å². The van der Waals surface area contributed by atoms with Crippen molar-refractivity contribution in [2.75, 3.05) is 0 Å². The number of nitrogens with zero attached hydrogens (tertiary/aromatic N) is 4. The summed E-state index contributed by atoms with van der Waals surface area (Å²) in [4.78, 5) is 10.9. The van der Waals surface area contributed by atoms with Crippen LogP contribution in [0.25, 0.3) is 11.3 Å². The summed E-state index contributed by atoms with van der Waals surface area (Å²) in [5, 5.41) is 32.1. The van der Waals surface area contributed by atoms with Gasteiger partial charge in [0.1, 0.15) is 11.3 Å². The molecule has 0 fully saturated rings. The summed E-state index contributed by atoms with van der Waals surface area (Å²) in [6.45, 7) is 2.16. The normalized spacial score (nSPS) is 12.9. The molecule has 0 amide bonds. The molecular weight excluding hydrogens is 464 g/mol. The summed E-state index contributed by atoms with van der Waals surface area (Å²) in [6.07, 6.45) is 6.39. The van der Waals surface area contributed by atoms with Gasteiger partial charge in [-0.2, -0.15) is 0 Å². The maximum atomic E-state index is 11.9. The zero-order chi connectivity index (χ0) is 24.8. The molecule has 0 bridgehead atoms. The van der Waals surface area contributed by atoms with Gasteiger partial charge in [-0.3, -0.25) is 10.1 Å². The van der Waals surface area contributed by atoms with E-state index in [1.165, 1.54) is 47.7 Å². The fourth-order valence-corrected chi connectivity index (χ4v) is 4.43. The van der Waals surface area contributed by atoms with E-state index >= 15 is 0 Å². The van der Waals surface area contributed by atoms with Crippen molar-refractivity contribution in [3.63, 3.8) is 0 Å². The first-order valence-corrected chi connectivity index (χ1v) is 12.0. The van der Waals surface area contributed by atoms with E-state index in [2.05, 4.69) is 29.4 Å². The first kappa shape index (κ1) is 24.6. The second kappa shape index (κ2) is 10.8. The summed E-state index contributed by atoms with van der Waals surface area (Å²) >= 11 is 6.43. The molecule has 4 rings (SSSR count). The molecule has 1 aromatic heterocycles. The van der Waals surface area contributed by atoms with Crippen LogP contribution in [0.2, 0.25) is 5.02 Å². The first-order valence-electron chi connectivity index (χ1n) is 11.6. The molecule has 180 valence electrons. The zero-order valence-corrected chi connectivity index (χ0v) is 20.2. The molecule has 4 aromatic rings. The van der Waals surface area contributed by atoms with Crippen LogP contribution in [0.5, 0.6) is 0 Å². The molecule has 1 N–H and O–H groups in total. The van der Waals surface area contributed by atoms with E-state index in [9.17, 15) is 15.2 Å². The largest absolute Gasteiger partial charge is 0.378 e. The summed E-state index contributed by atoms with van der Waals surface area (Å²) in [5.74, 6) is 0. The molecule has 35 heavy (non-hydrogen) atoms. The third kappa shape index (κ3) is 5.58.